The van der Waals surface area contributed by atoms with Crippen molar-refractivity contribution in [3.05, 3.63) is 65.2 Å². The lowest BCUT2D eigenvalue weighted by molar-refractivity contribution is -0.180. The third-order valence-corrected chi connectivity index (χ3v) is 7.03. The van der Waals surface area contributed by atoms with E-state index in [0.29, 0.717) is 13.2 Å². The monoisotopic (exact) mass is 513 g/mol. The van der Waals surface area contributed by atoms with Crippen molar-refractivity contribution in [2.75, 3.05) is 32.9 Å². The summed E-state index contributed by atoms with van der Waals surface area (Å²) in [5.74, 6) is 0.179. The van der Waals surface area contributed by atoms with Gasteiger partial charge in [-0.2, -0.15) is 0 Å². The lowest BCUT2D eigenvalue weighted by atomic mass is 10.0. The Morgan fingerprint density at radius 2 is 1.70 bits per heavy atom. The van der Waals surface area contributed by atoms with Gasteiger partial charge in [0.15, 0.2) is 0 Å². The van der Waals surface area contributed by atoms with Crippen LogP contribution < -0.4 is 4.74 Å². The number of nitrogens with zero attached hydrogens (tertiary/aromatic N) is 1. The molecule has 2 aromatic rings. The molecule has 0 fully saturated rings. The number of benzene rings is 2. The second-order valence-electron chi connectivity index (χ2n) is 10.7. The second kappa shape index (κ2) is 15.5. The van der Waals surface area contributed by atoms with E-state index in [1.54, 1.807) is 0 Å². The number of fused-ring (bicyclic) bond motifs is 1. The predicted molar refractivity (Wildman–Crippen MR) is 148 cm³/mol. The molecule has 0 amide bonds. The standard InChI is InChI=1S/C31H47NO5/c1-25(23-33)32(22-29(34)27-16-17-30-28(21-27)24-36-31(2,3)37-30)18-10-4-5-11-19-35-20-12-9-15-26-13-7-6-8-14-26/h6-8,13-14,16-17,21,25,29,33-34H,4-5,9-12,15,18-20,22-24H2,1-3H3/t25-,29-/m0/s1. The maximum atomic E-state index is 10.9. The van der Waals surface area contributed by atoms with Crippen molar-refractivity contribution in [1.29, 1.82) is 0 Å². The van der Waals surface area contributed by atoms with Gasteiger partial charge in [-0.1, -0.05) is 49.2 Å². The smallest absolute Gasteiger partial charge is 0.205 e. The fourth-order valence-electron chi connectivity index (χ4n) is 4.65. The number of unbranched alkanes of at least 4 members (excludes halogenated alkanes) is 4. The summed E-state index contributed by atoms with van der Waals surface area (Å²) in [5, 5.41) is 20.7. The van der Waals surface area contributed by atoms with Crippen molar-refractivity contribution in [2.45, 2.75) is 90.3 Å². The van der Waals surface area contributed by atoms with Crippen molar-refractivity contribution >= 4 is 0 Å². The van der Waals surface area contributed by atoms with Crippen LogP contribution in [0.15, 0.2) is 48.5 Å². The molecule has 0 spiro atoms. The molecule has 2 atom stereocenters. The molecule has 1 aliphatic heterocycles. The Morgan fingerprint density at radius 1 is 0.973 bits per heavy atom. The molecule has 0 aromatic heterocycles. The van der Waals surface area contributed by atoms with Crippen LogP contribution in [0.3, 0.4) is 0 Å². The van der Waals surface area contributed by atoms with Crippen molar-refractivity contribution in [2.24, 2.45) is 0 Å². The first-order valence-electron chi connectivity index (χ1n) is 14.0. The molecule has 206 valence electrons. The van der Waals surface area contributed by atoms with E-state index >= 15 is 0 Å². The molecule has 3 rings (SSSR count). The lowest BCUT2D eigenvalue weighted by Gasteiger charge is -2.33. The predicted octanol–water partition coefficient (Wildman–Crippen LogP) is 5.65. The van der Waals surface area contributed by atoms with Gasteiger partial charge in [-0.15, -0.1) is 0 Å². The topological polar surface area (TPSA) is 71.4 Å². The molecule has 0 saturated carbocycles. The largest absolute Gasteiger partial charge is 0.463 e. The van der Waals surface area contributed by atoms with E-state index in [0.717, 1.165) is 75.2 Å². The molecule has 0 radical (unpaired) electrons. The summed E-state index contributed by atoms with van der Waals surface area (Å²) in [6.07, 6.45) is 7.12. The first-order valence-corrected chi connectivity index (χ1v) is 14.0. The van der Waals surface area contributed by atoms with Crippen molar-refractivity contribution in [3.8, 4) is 5.75 Å². The van der Waals surface area contributed by atoms with Crippen LogP contribution in [0, 0.1) is 0 Å². The van der Waals surface area contributed by atoms with Gasteiger partial charge in [0.2, 0.25) is 5.79 Å². The molecular weight excluding hydrogens is 466 g/mol. The summed E-state index contributed by atoms with van der Waals surface area (Å²) >= 11 is 0. The van der Waals surface area contributed by atoms with Gasteiger partial charge in [-0.25, -0.2) is 0 Å². The number of aryl methyl sites for hydroxylation is 1. The van der Waals surface area contributed by atoms with Gasteiger partial charge in [0, 0.05) is 45.2 Å². The van der Waals surface area contributed by atoms with Crippen LogP contribution in [-0.4, -0.2) is 59.9 Å². The number of aliphatic hydroxyl groups excluding tert-OH is 2. The lowest BCUT2D eigenvalue weighted by Crippen LogP contribution is -2.39. The summed E-state index contributed by atoms with van der Waals surface area (Å²) < 4.78 is 17.4. The Morgan fingerprint density at radius 3 is 2.46 bits per heavy atom. The zero-order chi connectivity index (χ0) is 26.5. The van der Waals surface area contributed by atoms with Crippen LogP contribution in [-0.2, 0) is 22.5 Å². The van der Waals surface area contributed by atoms with Gasteiger partial charge in [0.25, 0.3) is 0 Å². The Hall–Kier alpha value is -1.96. The van der Waals surface area contributed by atoms with E-state index in [1.165, 1.54) is 12.0 Å². The Kier molecular flexibility index (Phi) is 12.4. The van der Waals surface area contributed by atoms with Crippen LogP contribution >= 0.6 is 0 Å². The van der Waals surface area contributed by atoms with E-state index in [4.69, 9.17) is 14.2 Å². The van der Waals surface area contributed by atoms with Crippen molar-refractivity contribution in [1.82, 2.24) is 4.90 Å². The molecule has 1 aliphatic rings. The number of ether oxygens (including phenoxy) is 3. The highest BCUT2D eigenvalue weighted by Gasteiger charge is 2.28. The summed E-state index contributed by atoms with van der Waals surface area (Å²) in [6, 6.07) is 16.4. The third kappa shape index (κ3) is 10.4. The van der Waals surface area contributed by atoms with Gasteiger partial charge in [0.05, 0.1) is 19.3 Å². The quantitative estimate of drug-likeness (QED) is 0.267. The maximum Gasteiger partial charge on any atom is 0.205 e. The minimum Gasteiger partial charge on any atom is -0.463 e. The minimum absolute atomic E-state index is 0.000961. The Balaban J connectivity index is 1.30. The highest BCUT2D eigenvalue weighted by atomic mass is 16.7. The average molecular weight is 514 g/mol. The fourth-order valence-corrected chi connectivity index (χ4v) is 4.65. The van der Waals surface area contributed by atoms with Crippen LogP contribution in [0.4, 0.5) is 0 Å². The van der Waals surface area contributed by atoms with Crippen molar-refractivity contribution in [3.63, 3.8) is 0 Å². The number of hydrogen-bond acceptors (Lipinski definition) is 6. The van der Waals surface area contributed by atoms with Gasteiger partial charge >= 0.3 is 0 Å². The zero-order valence-corrected chi connectivity index (χ0v) is 23.0. The molecule has 6 nitrogen and oxygen atoms in total. The Labute approximate surface area is 223 Å². The molecule has 2 N–H and O–H groups in total. The van der Waals surface area contributed by atoms with Crippen LogP contribution in [0.5, 0.6) is 5.75 Å². The third-order valence-electron chi connectivity index (χ3n) is 7.03. The van der Waals surface area contributed by atoms with Gasteiger partial charge < -0.3 is 24.4 Å². The van der Waals surface area contributed by atoms with E-state index in [-0.39, 0.29) is 12.6 Å². The van der Waals surface area contributed by atoms with Crippen molar-refractivity contribution < 1.29 is 24.4 Å². The molecule has 1 heterocycles. The summed E-state index contributed by atoms with van der Waals surface area (Å²) in [7, 11) is 0. The van der Waals surface area contributed by atoms with Crippen LogP contribution in [0.1, 0.15) is 82.1 Å². The number of rotatable bonds is 17. The fraction of sp³-hybridized carbons (Fsp3) is 0.613. The SMILES string of the molecule is C[C@@H](CO)N(CCCCCCOCCCCc1ccccc1)C[C@H](O)c1ccc2c(c1)COC(C)(C)O2. The summed E-state index contributed by atoms with van der Waals surface area (Å²) in [6.45, 7) is 9.35. The normalized spacial score (nSPS) is 16.3. The van der Waals surface area contributed by atoms with E-state index in [1.807, 2.05) is 39.0 Å². The highest BCUT2D eigenvalue weighted by Crippen LogP contribution is 2.33. The maximum absolute atomic E-state index is 10.9. The van der Waals surface area contributed by atoms with E-state index < -0.39 is 11.9 Å². The van der Waals surface area contributed by atoms with Gasteiger partial charge in [-0.3, -0.25) is 4.90 Å². The van der Waals surface area contributed by atoms with Crippen LogP contribution in [0.2, 0.25) is 0 Å². The molecule has 6 heteroatoms. The van der Waals surface area contributed by atoms with Gasteiger partial charge in [-0.05, 0) is 68.8 Å². The molecule has 0 aliphatic carbocycles. The second-order valence-corrected chi connectivity index (χ2v) is 10.7. The zero-order valence-electron chi connectivity index (χ0n) is 23.0. The van der Waals surface area contributed by atoms with E-state index in [9.17, 15) is 10.2 Å². The van der Waals surface area contributed by atoms with Crippen LogP contribution in [0.25, 0.3) is 0 Å². The van der Waals surface area contributed by atoms with Gasteiger partial charge in [0.1, 0.15) is 5.75 Å². The molecular formula is C31H47NO5. The molecule has 0 saturated heterocycles. The number of hydrogen-bond donors (Lipinski definition) is 2. The summed E-state index contributed by atoms with van der Waals surface area (Å²) in [5.41, 5.74) is 3.20. The first kappa shape index (κ1) is 29.6. The Bertz CT molecular complexity index is 904. The van der Waals surface area contributed by atoms with E-state index in [2.05, 4.69) is 35.2 Å². The molecule has 0 bridgehead atoms. The molecule has 2 aromatic carbocycles. The molecule has 0 unspecified atom stereocenters. The molecule has 37 heavy (non-hydrogen) atoms. The average Bonchev–Trinajstić information content (AvgIpc) is 2.90. The minimum atomic E-state index is -0.635. The first-order chi connectivity index (χ1) is 17.9. The number of aliphatic hydroxyl groups is 2. The summed E-state index contributed by atoms with van der Waals surface area (Å²) in [4.78, 5) is 2.18. The highest BCUT2D eigenvalue weighted by molar-refractivity contribution is 5.39.